The van der Waals surface area contributed by atoms with Crippen molar-refractivity contribution < 1.29 is 31.1 Å². The van der Waals surface area contributed by atoms with Gasteiger partial charge in [0.15, 0.2) is 21.3 Å². The van der Waals surface area contributed by atoms with Crippen LogP contribution < -0.4 is 19.1 Å². The number of rotatable bonds is 8. The van der Waals surface area contributed by atoms with E-state index in [1.165, 1.54) is 25.1 Å². The van der Waals surface area contributed by atoms with E-state index in [1.54, 1.807) is 31.2 Å². The molecule has 0 spiro atoms. The lowest BCUT2D eigenvalue weighted by Gasteiger charge is -2.24. The number of nitrogens with one attached hydrogen (secondary N) is 1. The third-order valence-corrected chi connectivity index (χ3v) is 7.69. The fourth-order valence-corrected chi connectivity index (χ4v) is 4.74. The fourth-order valence-electron chi connectivity index (χ4n) is 3.05. The number of anilines is 1. The highest BCUT2D eigenvalue weighted by atomic mass is 32.2. The summed E-state index contributed by atoms with van der Waals surface area (Å²) in [6, 6.07) is 10.4. The number of benzene rings is 2. The first-order valence-corrected chi connectivity index (χ1v) is 13.0. The second kappa shape index (κ2) is 8.75. The molecular formula is C20H24N2O7S2. The Hall–Kier alpha value is -2.79. The van der Waals surface area contributed by atoms with Crippen LogP contribution in [0, 0.1) is 0 Å². The average molecular weight is 469 g/mol. The molecule has 0 aliphatic carbocycles. The average Bonchev–Trinajstić information content (AvgIpc) is 3.19. The highest BCUT2D eigenvalue weighted by Gasteiger charge is 2.26. The molecule has 2 aromatic carbocycles. The first-order chi connectivity index (χ1) is 14.5. The van der Waals surface area contributed by atoms with Crippen molar-refractivity contribution in [3.63, 3.8) is 0 Å². The summed E-state index contributed by atoms with van der Waals surface area (Å²) in [4.78, 5) is 12.8. The number of sulfonamides is 1. The molecule has 9 nitrogen and oxygen atoms in total. The topological polar surface area (TPSA) is 119 Å². The molecule has 0 unspecified atom stereocenters. The van der Waals surface area contributed by atoms with Gasteiger partial charge in [0.1, 0.15) is 6.54 Å². The predicted octanol–water partition coefficient (Wildman–Crippen LogP) is 1.85. The second-order valence-electron chi connectivity index (χ2n) is 7.08. The molecule has 2 aromatic rings. The van der Waals surface area contributed by atoms with Crippen LogP contribution in [-0.4, -0.2) is 48.1 Å². The molecule has 0 fully saturated rings. The molecule has 0 bridgehead atoms. The number of hydrogen-bond donors (Lipinski definition) is 1. The molecule has 1 N–H and O–H groups in total. The molecule has 0 radical (unpaired) electrons. The van der Waals surface area contributed by atoms with Gasteiger partial charge in [-0.25, -0.2) is 16.8 Å². The quantitative estimate of drug-likeness (QED) is 0.628. The number of fused-ring (bicyclic) bond motifs is 1. The summed E-state index contributed by atoms with van der Waals surface area (Å²) in [6.07, 6.45) is 1.12. The SMILES string of the molecule is CCS(=O)(=O)N(CC(=O)N[C@H](C)c1ccc(S(C)(=O)=O)cc1)c1ccc2c(c1)OCO2. The van der Waals surface area contributed by atoms with Crippen molar-refractivity contribution >= 4 is 31.5 Å². The Kier molecular flexibility index (Phi) is 6.46. The van der Waals surface area contributed by atoms with Crippen LogP contribution in [0.4, 0.5) is 5.69 Å². The largest absolute Gasteiger partial charge is 0.454 e. The van der Waals surface area contributed by atoms with Crippen LogP contribution in [0.3, 0.4) is 0 Å². The number of carbonyl (C=O) groups excluding carboxylic acids is 1. The van der Waals surface area contributed by atoms with Gasteiger partial charge in [-0.2, -0.15) is 0 Å². The van der Waals surface area contributed by atoms with E-state index in [2.05, 4.69) is 5.32 Å². The first kappa shape index (κ1) is 22.9. The minimum atomic E-state index is -3.74. The summed E-state index contributed by atoms with van der Waals surface area (Å²) < 4.78 is 60.1. The van der Waals surface area contributed by atoms with Crippen LogP contribution in [0.15, 0.2) is 47.4 Å². The fraction of sp³-hybridized carbons (Fsp3) is 0.350. The van der Waals surface area contributed by atoms with Crippen molar-refractivity contribution in [3.05, 3.63) is 48.0 Å². The highest BCUT2D eigenvalue weighted by Crippen LogP contribution is 2.36. The zero-order chi connectivity index (χ0) is 22.8. The van der Waals surface area contributed by atoms with Crippen LogP contribution in [-0.2, 0) is 24.7 Å². The van der Waals surface area contributed by atoms with Gasteiger partial charge < -0.3 is 14.8 Å². The number of carbonyl (C=O) groups is 1. The Morgan fingerprint density at radius 1 is 1.06 bits per heavy atom. The lowest BCUT2D eigenvalue weighted by atomic mass is 10.1. The molecule has 31 heavy (non-hydrogen) atoms. The summed E-state index contributed by atoms with van der Waals surface area (Å²) in [7, 11) is -7.06. The normalized spacial score (nSPS) is 14.2. The number of nitrogens with zero attached hydrogens (tertiary/aromatic N) is 1. The molecular weight excluding hydrogens is 444 g/mol. The van der Waals surface area contributed by atoms with Crippen molar-refractivity contribution in [1.29, 1.82) is 0 Å². The zero-order valence-corrected chi connectivity index (χ0v) is 19.0. The Bertz CT molecular complexity index is 1180. The molecule has 0 saturated heterocycles. The van der Waals surface area contributed by atoms with Gasteiger partial charge in [0.2, 0.25) is 22.7 Å². The summed E-state index contributed by atoms with van der Waals surface area (Å²) >= 11 is 0. The Labute approximate surface area is 181 Å². The lowest BCUT2D eigenvalue weighted by molar-refractivity contribution is -0.120. The molecule has 168 valence electrons. The standard InChI is InChI=1S/C20H24N2O7S2/c1-4-31(26,27)22(16-7-10-18-19(11-16)29-13-28-18)12-20(23)21-14(2)15-5-8-17(9-6-15)30(3,24)25/h5-11,14H,4,12-13H2,1-3H3,(H,21,23)/t14-/m1/s1. The maximum absolute atomic E-state index is 12.7. The van der Waals surface area contributed by atoms with E-state index in [9.17, 15) is 21.6 Å². The third kappa shape index (κ3) is 5.28. The van der Waals surface area contributed by atoms with Gasteiger partial charge in [-0.15, -0.1) is 0 Å². The number of hydrogen-bond acceptors (Lipinski definition) is 7. The predicted molar refractivity (Wildman–Crippen MR) is 115 cm³/mol. The van der Waals surface area contributed by atoms with Crippen LogP contribution in [0.25, 0.3) is 0 Å². The molecule has 11 heteroatoms. The monoisotopic (exact) mass is 468 g/mol. The van der Waals surface area contributed by atoms with Crippen molar-refractivity contribution in [2.24, 2.45) is 0 Å². The van der Waals surface area contributed by atoms with Gasteiger partial charge >= 0.3 is 0 Å². The molecule has 1 aliphatic heterocycles. The van der Waals surface area contributed by atoms with E-state index >= 15 is 0 Å². The van der Waals surface area contributed by atoms with E-state index in [0.717, 1.165) is 10.6 Å². The van der Waals surface area contributed by atoms with Crippen molar-refractivity contribution in [2.75, 3.05) is 29.7 Å². The first-order valence-electron chi connectivity index (χ1n) is 9.50. The number of sulfone groups is 1. The maximum Gasteiger partial charge on any atom is 0.241 e. The van der Waals surface area contributed by atoms with Crippen molar-refractivity contribution in [1.82, 2.24) is 5.32 Å². The molecule has 0 saturated carbocycles. The molecule has 1 amide bonds. The van der Waals surface area contributed by atoms with Gasteiger partial charge in [-0.3, -0.25) is 9.10 Å². The second-order valence-corrected chi connectivity index (χ2v) is 11.3. The van der Waals surface area contributed by atoms with Gasteiger partial charge in [-0.05, 0) is 43.7 Å². The molecule has 1 heterocycles. The summed E-state index contributed by atoms with van der Waals surface area (Å²) in [5, 5.41) is 2.75. The maximum atomic E-state index is 12.7. The summed E-state index contributed by atoms with van der Waals surface area (Å²) in [5.74, 6) is 0.230. The molecule has 1 atom stereocenters. The molecule has 3 rings (SSSR count). The molecule has 1 aliphatic rings. The smallest absolute Gasteiger partial charge is 0.241 e. The Balaban J connectivity index is 1.76. The van der Waals surface area contributed by atoms with E-state index in [0.29, 0.717) is 22.7 Å². The molecule has 0 aromatic heterocycles. The highest BCUT2D eigenvalue weighted by molar-refractivity contribution is 7.92. The number of amides is 1. The van der Waals surface area contributed by atoms with Gasteiger partial charge in [0.05, 0.1) is 22.4 Å². The van der Waals surface area contributed by atoms with E-state index in [-0.39, 0.29) is 17.4 Å². The Morgan fingerprint density at radius 3 is 2.32 bits per heavy atom. The summed E-state index contributed by atoms with van der Waals surface area (Å²) in [6.45, 7) is 2.86. The van der Waals surface area contributed by atoms with Crippen molar-refractivity contribution in [2.45, 2.75) is 24.8 Å². The van der Waals surface area contributed by atoms with Gasteiger partial charge in [0, 0.05) is 12.3 Å². The van der Waals surface area contributed by atoms with Crippen molar-refractivity contribution in [3.8, 4) is 11.5 Å². The minimum absolute atomic E-state index is 0.0510. The lowest BCUT2D eigenvalue weighted by Crippen LogP contribution is -2.42. The van der Waals surface area contributed by atoms with Gasteiger partial charge in [0.25, 0.3) is 0 Å². The van der Waals surface area contributed by atoms with Crippen LogP contribution >= 0.6 is 0 Å². The Morgan fingerprint density at radius 2 is 1.71 bits per heavy atom. The van der Waals surface area contributed by atoms with Crippen LogP contribution in [0.1, 0.15) is 25.5 Å². The third-order valence-electron chi connectivity index (χ3n) is 4.82. The van der Waals surface area contributed by atoms with Crippen LogP contribution in [0.5, 0.6) is 11.5 Å². The van der Waals surface area contributed by atoms with E-state index < -0.39 is 38.4 Å². The van der Waals surface area contributed by atoms with Gasteiger partial charge in [-0.1, -0.05) is 12.1 Å². The van der Waals surface area contributed by atoms with E-state index in [4.69, 9.17) is 9.47 Å². The van der Waals surface area contributed by atoms with Crippen LogP contribution in [0.2, 0.25) is 0 Å². The zero-order valence-electron chi connectivity index (χ0n) is 17.4. The minimum Gasteiger partial charge on any atom is -0.454 e. The summed E-state index contributed by atoms with van der Waals surface area (Å²) in [5.41, 5.74) is 0.986. The van der Waals surface area contributed by atoms with E-state index in [1.807, 2.05) is 0 Å². The number of ether oxygens (including phenoxy) is 2.